The summed E-state index contributed by atoms with van der Waals surface area (Å²) < 4.78 is 30.1. The number of aromatic nitrogens is 2. The number of hydrogen-bond acceptors (Lipinski definition) is 6. The molecule has 0 spiro atoms. The van der Waals surface area contributed by atoms with Gasteiger partial charge in [-0.1, -0.05) is 41.4 Å². The Balaban J connectivity index is 1.65. The van der Waals surface area contributed by atoms with E-state index in [0.717, 1.165) is 11.1 Å². The number of rotatable bonds is 7. The quantitative estimate of drug-likeness (QED) is 0.580. The molecule has 2 heterocycles. The van der Waals surface area contributed by atoms with Crippen LogP contribution in [0.3, 0.4) is 0 Å². The summed E-state index contributed by atoms with van der Waals surface area (Å²) in [5.74, 6) is -1.16. The number of carbonyl (C=O) groups excluding carboxylic acids is 2. The van der Waals surface area contributed by atoms with Crippen LogP contribution in [0.15, 0.2) is 24.3 Å². The number of benzene rings is 1. The number of hydrogen-bond donors (Lipinski definition) is 0. The van der Waals surface area contributed by atoms with Gasteiger partial charge in [-0.25, -0.2) is 17.9 Å². The molecule has 1 amide bonds. The summed E-state index contributed by atoms with van der Waals surface area (Å²) in [5.41, 5.74) is 2.64. The van der Waals surface area contributed by atoms with Gasteiger partial charge in [0, 0.05) is 12.6 Å². The summed E-state index contributed by atoms with van der Waals surface area (Å²) in [6.07, 6.45) is 0.395. The normalized spacial score (nSPS) is 17.5. The summed E-state index contributed by atoms with van der Waals surface area (Å²) in [6, 6.07) is 7.50. The van der Waals surface area contributed by atoms with Crippen molar-refractivity contribution in [1.29, 1.82) is 0 Å². The zero-order chi connectivity index (χ0) is 22.8. The highest BCUT2D eigenvalue weighted by molar-refractivity contribution is 7.91. The highest BCUT2D eigenvalue weighted by atomic mass is 35.5. The van der Waals surface area contributed by atoms with Crippen molar-refractivity contribution in [3.8, 4) is 0 Å². The molecule has 8 nitrogen and oxygen atoms in total. The number of carbonyl (C=O) groups is 2. The SMILES string of the molecule is CCN(C(=O)COC(=O)c1c(C)nn(Cc2ccc(C)cc2)c1Cl)C1CCS(=O)(=O)C1. The molecule has 2 aromatic rings. The minimum Gasteiger partial charge on any atom is -0.452 e. The van der Waals surface area contributed by atoms with Gasteiger partial charge in [-0.3, -0.25) is 4.79 Å². The van der Waals surface area contributed by atoms with Gasteiger partial charge in [-0.2, -0.15) is 5.10 Å². The minimum absolute atomic E-state index is 0.0583. The van der Waals surface area contributed by atoms with E-state index in [-0.39, 0.29) is 28.3 Å². The van der Waals surface area contributed by atoms with Gasteiger partial charge in [0.15, 0.2) is 16.4 Å². The third-order valence-electron chi connectivity index (χ3n) is 5.36. The Labute approximate surface area is 187 Å². The average molecular weight is 468 g/mol. The first-order valence-electron chi connectivity index (χ1n) is 10.1. The number of ether oxygens (including phenoxy) is 1. The fourth-order valence-electron chi connectivity index (χ4n) is 3.70. The maximum Gasteiger partial charge on any atom is 0.343 e. The molecule has 0 N–H and O–H groups in total. The molecule has 0 saturated carbocycles. The zero-order valence-electron chi connectivity index (χ0n) is 17.8. The van der Waals surface area contributed by atoms with E-state index in [2.05, 4.69) is 5.10 Å². The Morgan fingerprint density at radius 2 is 1.94 bits per heavy atom. The van der Waals surface area contributed by atoms with E-state index in [9.17, 15) is 18.0 Å². The average Bonchev–Trinajstić information content (AvgIpc) is 3.20. The van der Waals surface area contributed by atoms with Gasteiger partial charge in [0.05, 0.1) is 23.7 Å². The highest BCUT2D eigenvalue weighted by Crippen LogP contribution is 2.23. The predicted molar refractivity (Wildman–Crippen MR) is 117 cm³/mol. The van der Waals surface area contributed by atoms with Crippen molar-refractivity contribution in [2.24, 2.45) is 0 Å². The Morgan fingerprint density at radius 1 is 1.26 bits per heavy atom. The molecule has 3 rings (SSSR count). The molecule has 0 aliphatic carbocycles. The monoisotopic (exact) mass is 467 g/mol. The second kappa shape index (κ2) is 9.40. The lowest BCUT2D eigenvalue weighted by Gasteiger charge is -2.26. The lowest BCUT2D eigenvalue weighted by Crippen LogP contribution is -2.43. The lowest BCUT2D eigenvalue weighted by atomic mass is 10.1. The first-order valence-corrected chi connectivity index (χ1v) is 12.3. The van der Waals surface area contributed by atoms with Crippen LogP contribution in [0, 0.1) is 13.8 Å². The van der Waals surface area contributed by atoms with Crippen molar-refractivity contribution in [3.63, 3.8) is 0 Å². The number of amides is 1. The van der Waals surface area contributed by atoms with Crippen molar-refractivity contribution in [2.45, 2.75) is 39.8 Å². The maximum absolute atomic E-state index is 12.6. The van der Waals surface area contributed by atoms with Crippen molar-refractivity contribution in [3.05, 3.63) is 51.8 Å². The molecular formula is C21H26ClN3O5S. The lowest BCUT2D eigenvalue weighted by molar-refractivity contribution is -0.136. The highest BCUT2D eigenvalue weighted by Gasteiger charge is 2.34. The molecule has 1 aliphatic rings. The van der Waals surface area contributed by atoms with Gasteiger partial charge in [0.2, 0.25) is 0 Å². The molecule has 1 aromatic heterocycles. The number of sulfone groups is 1. The molecule has 1 unspecified atom stereocenters. The first-order chi connectivity index (χ1) is 14.6. The van der Waals surface area contributed by atoms with Gasteiger partial charge < -0.3 is 9.64 Å². The van der Waals surface area contributed by atoms with E-state index >= 15 is 0 Å². The van der Waals surface area contributed by atoms with Crippen LogP contribution in [0.5, 0.6) is 0 Å². The van der Waals surface area contributed by atoms with Crippen molar-refractivity contribution in [2.75, 3.05) is 24.7 Å². The van der Waals surface area contributed by atoms with E-state index < -0.39 is 28.3 Å². The van der Waals surface area contributed by atoms with Crippen molar-refractivity contribution >= 4 is 33.3 Å². The van der Waals surface area contributed by atoms with E-state index in [0.29, 0.717) is 25.2 Å². The molecule has 0 bridgehead atoms. The molecule has 1 aromatic carbocycles. The number of esters is 1. The molecule has 1 atom stereocenters. The predicted octanol–water partition coefficient (Wildman–Crippen LogP) is 2.39. The summed E-state index contributed by atoms with van der Waals surface area (Å²) in [4.78, 5) is 26.6. The summed E-state index contributed by atoms with van der Waals surface area (Å²) >= 11 is 6.38. The fraction of sp³-hybridized carbons (Fsp3) is 0.476. The van der Waals surface area contributed by atoms with E-state index in [1.807, 2.05) is 31.2 Å². The summed E-state index contributed by atoms with van der Waals surface area (Å²) in [6.45, 7) is 5.66. The number of likely N-dealkylation sites (N-methyl/N-ethyl adjacent to an activating group) is 1. The largest absolute Gasteiger partial charge is 0.452 e. The smallest absolute Gasteiger partial charge is 0.343 e. The first kappa shape index (κ1) is 23.3. The molecule has 1 aliphatic heterocycles. The summed E-state index contributed by atoms with van der Waals surface area (Å²) in [5, 5.41) is 4.47. The van der Waals surface area contributed by atoms with E-state index in [1.165, 1.54) is 9.58 Å². The zero-order valence-corrected chi connectivity index (χ0v) is 19.4. The molecule has 31 heavy (non-hydrogen) atoms. The number of nitrogens with zero attached hydrogens (tertiary/aromatic N) is 3. The number of aryl methyl sites for hydroxylation is 2. The second-order valence-corrected chi connectivity index (χ2v) is 10.3. The summed E-state index contributed by atoms with van der Waals surface area (Å²) in [7, 11) is -3.13. The topological polar surface area (TPSA) is 98.6 Å². The van der Waals surface area contributed by atoms with Crippen LogP contribution in [0.1, 0.15) is 40.5 Å². The molecule has 168 valence electrons. The molecule has 0 radical (unpaired) electrons. The minimum atomic E-state index is -3.13. The third kappa shape index (κ3) is 5.46. The fourth-order valence-corrected chi connectivity index (χ4v) is 5.74. The van der Waals surface area contributed by atoms with Crippen molar-refractivity contribution < 1.29 is 22.7 Å². The Morgan fingerprint density at radius 3 is 2.52 bits per heavy atom. The van der Waals surface area contributed by atoms with Crippen LogP contribution in [-0.2, 0) is 25.9 Å². The van der Waals surface area contributed by atoms with E-state index in [1.54, 1.807) is 13.8 Å². The van der Waals surface area contributed by atoms with Crippen LogP contribution in [0.2, 0.25) is 5.15 Å². The van der Waals surface area contributed by atoms with Gasteiger partial charge in [-0.15, -0.1) is 0 Å². The van der Waals surface area contributed by atoms with Crippen LogP contribution in [0.4, 0.5) is 0 Å². The molecule has 1 saturated heterocycles. The van der Waals surface area contributed by atoms with Crippen LogP contribution in [0.25, 0.3) is 0 Å². The Bertz CT molecular complexity index is 1080. The van der Waals surface area contributed by atoms with Gasteiger partial charge in [0.25, 0.3) is 5.91 Å². The van der Waals surface area contributed by atoms with Gasteiger partial charge in [0.1, 0.15) is 10.7 Å². The third-order valence-corrected chi connectivity index (χ3v) is 7.49. The molecular weight excluding hydrogens is 442 g/mol. The molecule has 10 heteroatoms. The van der Waals surface area contributed by atoms with Crippen molar-refractivity contribution in [1.82, 2.24) is 14.7 Å². The van der Waals surface area contributed by atoms with E-state index in [4.69, 9.17) is 16.3 Å². The van der Waals surface area contributed by atoms with Crippen LogP contribution < -0.4 is 0 Å². The van der Waals surface area contributed by atoms with Crippen LogP contribution in [-0.4, -0.2) is 65.7 Å². The number of halogens is 1. The Kier molecular flexibility index (Phi) is 7.06. The van der Waals surface area contributed by atoms with Gasteiger partial charge >= 0.3 is 5.97 Å². The maximum atomic E-state index is 12.6. The standard InChI is InChI=1S/C21H26ClN3O5S/c1-4-24(17-9-10-31(28,29)13-17)18(26)12-30-21(27)19-15(3)23-25(20(19)22)11-16-7-5-14(2)6-8-16/h5-8,17H,4,9-13H2,1-3H3. The Hall–Kier alpha value is -2.39. The molecule has 1 fully saturated rings. The van der Waals surface area contributed by atoms with Crippen LogP contribution >= 0.6 is 11.6 Å². The van der Waals surface area contributed by atoms with Gasteiger partial charge in [-0.05, 0) is 32.8 Å². The second-order valence-electron chi connectivity index (χ2n) is 7.71.